The van der Waals surface area contributed by atoms with E-state index in [1.807, 2.05) is 23.1 Å². The fourth-order valence-corrected chi connectivity index (χ4v) is 4.48. The van der Waals surface area contributed by atoms with E-state index in [9.17, 15) is 19.2 Å². The highest BCUT2D eigenvalue weighted by molar-refractivity contribution is 6.06. The minimum Gasteiger partial charge on any atom is -0.339 e. The van der Waals surface area contributed by atoms with Gasteiger partial charge in [0.2, 0.25) is 17.7 Å². The molecule has 1 aromatic rings. The zero-order chi connectivity index (χ0) is 21.3. The van der Waals surface area contributed by atoms with Crippen molar-refractivity contribution < 1.29 is 19.2 Å². The largest absolute Gasteiger partial charge is 0.339 e. The van der Waals surface area contributed by atoms with Crippen molar-refractivity contribution in [2.45, 2.75) is 32.0 Å². The van der Waals surface area contributed by atoms with Crippen LogP contribution in [0.1, 0.15) is 34.3 Å². The fraction of sp³-hybridized carbons (Fsp3) is 0.524. The molecule has 3 heterocycles. The van der Waals surface area contributed by atoms with Crippen LogP contribution >= 0.6 is 0 Å². The molecule has 9 nitrogen and oxygen atoms in total. The molecular weight excluding hydrogens is 386 g/mol. The van der Waals surface area contributed by atoms with E-state index in [0.717, 1.165) is 24.2 Å². The number of carbonyl (C=O) groups is 4. The lowest BCUT2D eigenvalue weighted by Crippen LogP contribution is -2.52. The van der Waals surface area contributed by atoms with Crippen molar-refractivity contribution in [3.63, 3.8) is 0 Å². The summed E-state index contributed by atoms with van der Waals surface area (Å²) in [5.74, 6) is -0.712. The summed E-state index contributed by atoms with van der Waals surface area (Å²) >= 11 is 0. The SMILES string of the molecule is CNCC(=O)N1CCN(Cc2cccc3c2C(=O)N(C2CCC(=O)NC2=O)C3)CC1. The highest BCUT2D eigenvalue weighted by Crippen LogP contribution is 2.30. The molecule has 0 aliphatic carbocycles. The number of nitrogens with zero attached hydrogens (tertiary/aromatic N) is 3. The minimum absolute atomic E-state index is 0.104. The first-order chi connectivity index (χ1) is 14.5. The number of benzene rings is 1. The number of rotatable bonds is 5. The lowest BCUT2D eigenvalue weighted by molar-refractivity contribution is -0.137. The fourth-order valence-electron chi connectivity index (χ4n) is 4.48. The van der Waals surface area contributed by atoms with Crippen molar-refractivity contribution in [1.82, 2.24) is 25.3 Å². The molecule has 30 heavy (non-hydrogen) atoms. The van der Waals surface area contributed by atoms with Crippen LogP contribution in [-0.2, 0) is 27.5 Å². The highest BCUT2D eigenvalue weighted by Gasteiger charge is 2.40. The van der Waals surface area contributed by atoms with Gasteiger partial charge in [0.15, 0.2) is 0 Å². The predicted molar refractivity (Wildman–Crippen MR) is 108 cm³/mol. The Hall–Kier alpha value is -2.78. The Kier molecular flexibility index (Phi) is 5.83. The van der Waals surface area contributed by atoms with E-state index in [0.29, 0.717) is 44.7 Å². The van der Waals surface area contributed by atoms with E-state index in [1.54, 1.807) is 11.9 Å². The molecule has 3 aliphatic rings. The van der Waals surface area contributed by atoms with Gasteiger partial charge in [-0.2, -0.15) is 0 Å². The van der Waals surface area contributed by atoms with Crippen molar-refractivity contribution >= 4 is 23.6 Å². The number of fused-ring (bicyclic) bond motifs is 1. The molecule has 2 N–H and O–H groups in total. The van der Waals surface area contributed by atoms with Gasteiger partial charge in [0.05, 0.1) is 6.54 Å². The number of hydrogen-bond donors (Lipinski definition) is 2. The van der Waals surface area contributed by atoms with Gasteiger partial charge >= 0.3 is 0 Å². The first-order valence-corrected chi connectivity index (χ1v) is 10.4. The van der Waals surface area contributed by atoms with Crippen LogP contribution in [0.2, 0.25) is 0 Å². The van der Waals surface area contributed by atoms with Gasteiger partial charge < -0.3 is 15.1 Å². The first kappa shape index (κ1) is 20.5. The van der Waals surface area contributed by atoms with Crippen LogP contribution in [0.3, 0.4) is 0 Å². The standard InChI is InChI=1S/C21H27N5O4/c1-22-11-18(28)25-9-7-24(8-10-25)12-14-3-2-4-15-13-26(21(30)19(14)15)16-5-6-17(27)23-20(16)29/h2-4,16,22H,5-13H2,1H3,(H,23,27,29). The molecule has 3 aliphatic heterocycles. The van der Waals surface area contributed by atoms with Crippen molar-refractivity contribution in [3.05, 3.63) is 34.9 Å². The van der Waals surface area contributed by atoms with Gasteiger partial charge in [-0.3, -0.25) is 29.4 Å². The second kappa shape index (κ2) is 8.53. The molecule has 0 aromatic heterocycles. The quantitative estimate of drug-likeness (QED) is 0.620. The van der Waals surface area contributed by atoms with Crippen molar-refractivity contribution in [2.75, 3.05) is 39.8 Å². The van der Waals surface area contributed by atoms with Crippen LogP contribution in [0.15, 0.2) is 18.2 Å². The third-order valence-electron chi connectivity index (χ3n) is 6.09. The molecule has 2 saturated heterocycles. The maximum Gasteiger partial charge on any atom is 0.255 e. The zero-order valence-electron chi connectivity index (χ0n) is 17.1. The smallest absolute Gasteiger partial charge is 0.255 e. The van der Waals surface area contributed by atoms with Gasteiger partial charge in [0, 0.05) is 51.3 Å². The number of piperazine rings is 1. The number of hydrogen-bond acceptors (Lipinski definition) is 6. The summed E-state index contributed by atoms with van der Waals surface area (Å²) in [4.78, 5) is 54.6. The monoisotopic (exact) mass is 413 g/mol. The van der Waals surface area contributed by atoms with Crippen LogP contribution < -0.4 is 10.6 Å². The van der Waals surface area contributed by atoms with E-state index in [1.165, 1.54) is 0 Å². The van der Waals surface area contributed by atoms with Crippen LogP contribution in [0.4, 0.5) is 0 Å². The summed E-state index contributed by atoms with van der Waals surface area (Å²) in [5, 5.41) is 5.23. The molecule has 4 amide bonds. The summed E-state index contributed by atoms with van der Waals surface area (Å²) in [6, 6.07) is 5.24. The Balaban J connectivity index is 1.43. The number of likely N-dealkylation sites (N-methyl/N-ethyl adjacent to an activating group) is 1. The van der Waals surface area contributed by atoms with Crippen molar-refractivity contribution in [1.29, 1.82) is 0 Å². The average Bonchev–Trinajstić information content (AvgIpc) is 3.06. The summed E-state index contributed by atoms with van der Waals surface area (Å²) in [5.41, 5.74) is 2.54. The summed E-state index contributed by atoms with van der Waals surface area (Å²) in [7, 11) is 1.76. The second-order valence-corrected chi connectivity index (χ2v) is 8.04. The van der Waals surface area contributed by atoms with E-state index in [4.69, 9.17) is 0 Å². The maximum atomic E-state index is 13.2. The Labute approximate surface area is 175 Å². The molecule has 0 saturated carbocycles. The molecule has 1 aromatic carbocycles. The van der Waals surface area contributed by atoms with E-state index >= 15 is 0 Å². The second-order valence-electron chi connectivity index (χ2n) is 8.04. The third-order valence-corrected chi connectivity index (χ3v) is 6.09. The number of imide groups is 1. The lowest BCUT2D eigenvalue weighted by atomic mass is 10.0. The number of carbonyl (C=O) groups excluding carboxylic acids is 4. The number of amides is 4. The first-order valence-electron chi connectivity index (χ1n) is 10.4. The van der Waals surface area contributed by atoms with Gasteiger partial charge in [-0.05, 0) is 24.6 Å². The molecular formula is C21H27N5O4. The Bertz CT molecular complexity index is 878. The van der Waals surface area contributed by atoms with E-state index in [-0.39, 0.29) is 24.1 Å². The zero-order valence-corrected chi connectivity index (χ0v) is 17.1. The van der Waals surface area contributed by atoms with Crippen LogP contribution in [0.5, 0.6) is 0 Å². The van der Waals surface area contributed by atoms with Crippen LogP contribution in [0, 0.1) is 0 Å². The van der Waals surface area contributed by atoms with Crippen molar-refractivity contribution in [2.24, 2.45) is 0 Å². The lowest BCUT2D eigenvalue weighted by Gasteiger charge is -2.35. The summed E-state index contributed by atoms with van der Waals surface area (Å²) in [6.45, 7) is 4.22. The van der Waals surface area contributed by atoms with E-state index in [2.05, 4.69) is 15.5 Å². The third kappa shape index (κ3) is 3.95. The molecule has 1 atom stereocenters. The minimum atomic E-state index is -0.600. The number of nitrogens with one attached hydrogen (secondary N) is 2. The van der Waals surface area contributed by atoms with Gasteiger partial charge in [0.1, 0.15) is 6.04 Å². The highest BCUT2D eigenvalue weighted by atomic mass is 16.2. The Morgan fingerprint density at radius 2 is 1.93 bits per heavy atom. The molecule has 2 fully saturated rings. The van der Waals surface area contributed by atoms with Gasteiger partial charge in [-0.25, -0.2) is 0 Å². The molecule has 9 heteroatoms. The summed E-state index contributed by atoms with van der Waals surface area (Å²) < 4.78 is 0. The predicted octanol–water partition coefficient (Wildman–Crippen LogP) is -0.689. The average molecular weight is 413 g/mol. The molecule has 0 spiro atoms. The van der Waals surface area contributed by atoms with Gasteiger partial charge in [-0.1, -0.05) is 18.2 Å². The maximum absolute atomic E-state index is 13.2. The van der Waals surface area contributed by atoms with Crippen molar-refractivity contribution in [3.8, 4) is 0 Å². The molecule has 0 bridgehead atoms. The van der Waals surface area contributed by atoms with Crippen LogP contribution in [-0.4, -0.2) is 84.1 Å². The molecule has 160 valence electrons. The van der Waals surface area contributed by atoms with E-state index < -0.39 is 11.9 Å². The normalized spacial score (nSPS) is 22.3. The van der Waals surface area contributed by atoms with Crippen LogP contribution in [0.25, 0.3) is 0 Å². The van der Waals surface area contributed by atoms with Gasteiger partial charge in [0.25, 0.3) is 5.91 Å². The van der Waals surface area contributed by atoms with Gasteiger partial charge in [-0.15, -0.1) is 0 Å². The summed E-state index contributed by atoms with van der Waals surface area (Å²) in [6.07, 6.45) is 0.613. The molecule has 0 radical (unpaired) electrons. The molecule has 4 rings (SSSR count). The Morgan fingerprint density at radius 1 is 1.17 bits per heavy atom. The molecule has 1 unspecified atom stereocenters. The topological polar surface area (TPSA) is 102 Å². The Morgan fingerprint density at radius 3 is 2.63 bits per heavy atom. The number of piperidine rings is 1.